The minimum absolute atomic E-state index is 0.0495. The van der Waals surface area contributed by atoms with Gasteiger partial charge in [0, 0.05) is 29.3 Å². The average Bonchev–Trinajstić information content (AvgIpc) is 3.66. The van der Waals surface area contributed by atoms with Crippen LogP contribution in [0.1, 0.15) is 24.1 Å². The Labute approximate surface area is 235 Å². The van der Waals surface area contributed by atoms with Crippen molar-refractivity contribution in [1.82, 2.24) is 20.2 Å². The van der Waals surface area contributed by atoms with Crippen molar-refractivity contribution in [2.24, 2.45) is 5.16 Å². The molecule has 12 nitrogen and oxygen atoms in total. The maximum Gasteiger partial charge on any atom is 0.352 e. The molecule has 2 aliphatic heterocycles. The molecule has 0 radical (unpaired) electrons. The van der Waals surface area contributed by atoms with Crippen LogP contribution in [0, 0.1) is 0 Å². The number of oxime groups is 1. The number of pyridine rings is 1. The lowest BCUT2D eigenvalue weighted by atomic mass is 10.0. The molecule has 3 amide bonds. The number of β-lactam (4-membered cyclic amide) rings is 1. The van der Waals surface area contributed by atoms with Crippen LogP contribution >= 0.6 is 34.9 Å². The quantitative estimate of drug-likeness (QED) is 0.145. The van der Waals surface area contributed by atoms with Crippen LogP contribution in [0.2, 0.25) is 0 Å². The fourth-order valence-electron chi connectivity index (χ4n) is 3.76. The second-order valence-electron chi connectivity index (χ2n) is 8.56. The smallest absolute Gasteiger partial charge is 0.352 e. The fourth-order valence-corrected chi connectivity index (χ4v) is 6.68. The molecule has 2 aromatic heterocycles. The highest BCUT2D eigenvalue weighted by Gasteiger charge is 2.54. The predicted molar refractivity (Wildman–Crippen MR) is 148 cm³/mol. The molecule has 1 saturated heterocycles. The largest absolute Gasteiger partial charge is 0.477 e. The van der Waals surface area contributed by atoms with E-state index in [9.17, 15) is 24.3 Å². The van der Waals surface area contributed by atoms with Crippen molar-refractivity contribution in [2.45, 2.75) is 30.4 Å². The van der Waals surface area contributed by atoms with Gasteiger partial charge in [0.15, 0.2) is 10.8 Å². The lowest BCUT2D eigenvalue weighted by molar-refractivity contribution is -0.150. The molecular formula is C24H22N6O6S3. The first-order chi connectivity index (χ1) is 19.0. The van der Waals surface area contributed by atoms with Crippen LogP contribution in [0.5, 0.6) is 0 Å². The number of rotatable bonds is 12. The van der Waals surface area contributed by atoms with E-state index in [-0.39, 0.29) is 28.3 Å². The Hall–Kier alpha value is -3.69. The monoisotopic (exact) mass is 586 g/mol. The highest BCUT2D eigenvalue weighted by molar-refractivity contribution is 8.02. The molecule has 15 heteroatoms. The van der Waals surface area contributed by atoms with Gasteiger partial charge in [-0.3, -0.25) is 24.3 Å². The number of hydrogen-bond donors (Lipinski definition) is 3. The minimum atomic E-state index is -1.19. The SMILES string of the molecule is O=CNc1nc(C(=NOC2CC2)C(=O)N[C@@H]2C(=O)N3C(C(=O)O)=C(CSC=Cc4cccnc4)CS[C@@H]23)cs1. The van der Waals surface area contributed by atoms with Gasteiger partial charge >= 0.3 is 5.97 Å². The summed E-state index contributed by atoms with van der Waals surface area (Å²) < 4.78 is 0. The number of fused-ring (bicyclic) bond motifs is 1. The normalized spacial score (nSPS) is 20.9. The number of nitrogens with zero attached hydrogens (tertiary/aromatic N) is 4. The Morgan fingerprint density at radius 3 is 2.92 bits per heavy atom. The number of aromatic nitrogens is 2. The van der Waals surface area contributed by atoms with Crippen molar-refractivity contribution in [3.8, 4) is 0 Å². The van der Waals surface area contributed by atoms with Crippen LogP contribution in [-0.4, -0.2) is 78.9 Å². The molecule has 202 valence electrons. The van der Waals surface area contributed by atoms with Crippen molar-refractivity contribution in [3.63, 3.8) is 0 Å². The number of amides is 3. The standard InChI is InChI=1S/C24H22N6O6S3/c31-12-26-24-27-16(11-39-24)17(29-36-15-3-4-15)20(32)28-18-21(33)30-19(23(34)35)14(10-38-22(18)30)9-37-7-5-13-2-1-6-25-8-13/h1-2,5-8,11-12,15,18,22H,3-4,9-10H2,(H,28,32)(H,34,35)(H,26,27,31)/t18-,22+/m1/s1. The summed E-state index contributed by atoms with van der Waals surface area (Å²) in [6, 6.07) is 2.80. The lowest BCUT2D eigenvalue weighted by Crippen LogP contribution is -2.71. The molecule has 4 heterocycles. The van der Waals surface area contributed by atoms with E-state index >= 15 is 0 Å². The molecule has 2 atom stereocenters. The van der Waals surface area contributed by atoms with Crippen LogP contribution in [0.3, 0.4) is 0 Å². The number of carboxylic acid groups (broad SMARTS) is 1. The summed E-state index contributed by atoms with van der Waals surface area (Å²) in [5.41, 5.74) is 1.56. The molecule has 2 fully saturated rings. The first-order valence-corrected chi connectivity index (χ1v) is 14.7. The van der Waals surface area contributed by atoms with Gasteiger partial charge in [0.1, 0.15) is 28.9 Å². The number of anilines is 1. The molecule has 0 aromatic carbocycles. The van der Waals surface area contributed by atoms with E-state index in [4.69, 9.17) is 4.84 Å². The van der Waals surface area contributed by atoms with Crippen molar-refractivity contribution in [2.75, 3.05) is 16.8 Å². The zero-order valence-corrected chi connectivity index (χ0v) is 22.6. The molecule has 2 aromatic rings. The summed E-state index contributed by atoms with van der Waals surface area (Å²) in [5, 5.41) is 22.1. The van der Waals surface area contributed by atoms with Gasteiger partial charge in [0.2, 0.25) is 6.41 Å². The third-order valence-corrected chi connectivity index (χ3v) is 8.75. The van der Waals surface area contributed by atoms with Crippen molar-refractivity contribution in [1.29, 1.82) is 0 Å². The molecule has 0 unspecified atom stereocenters. The average molecular weight is 587 g/mol. The Bertz CT molecular complexity index is 1370. The molecule has 39 heavy (non-hydrogen) atoms. The Morgan fingerprint density at radius 1 is 1.36 bits per heavy atom. The number of nitrogens with one attached hydrogen (secondary N) is 2. The van der Waals surface area contributed by atoms with E-state index in [1.165, 1.54) is 28.4 Å². The summed E-state index contributed by atoms with van der Waals surface area (Å²) in [6.45, 7) is 0. The number of carboxylic acids is 1. The number of hydrogen-bond acceptors (Lipinski definition) is 11. The van der Waals surface area contributed by atoms with E-state index < -0.39 is 29.2 Å². The van der Waals surface area contributed by atoms with Crippen molar-refractivity contribution >= 4 is 76.0 Å². The summed E-state index contributed by atoms with van der Waals surface area (Å²) in [6.07, 6.45) is 7.33. The molecule has 5 rings (SSSR count). The van der Waals surface area contributed by atoms with Crippen LogP contribution < -0.4 is 10.6 Å². The van der Waals surface area contributed by atoms with Crippen LogP contribution in [0.25, 0.3) is 6.08 Å². The second-order valence-corrected chi connectivity index (χ2v) is 11.4. The fraction of sp³-hybridized carbons (Fsp3) is 0.292. The summed E-state index contributed by atoms with van der Waals surface area (Å²) in [5.74, 6) is -1.59. The first kappa shape index (κ1) is 26.9. The number of carbonyl (C=O) groups excluding carboxylic acids is 3. The molecule has 3 aliphatic rings. The maximum absolute atomic E-state index is 13.2. The Balaban J connectivity index is 1.26. The minimum Gasteiger partial charge on any atom is -0.477 e. The zero-order valence-electron chi connectivity index (χ0n) is 20.2. The molecule has 1 saturated carbocycles. The second kappa shape index (κ2) is 12.0. The number of thiazole rings is 1. The molecule has 3 N–H and O–H groups in total. The van der Waals surface area contributed by atoms with E-state index in [2.05, 4.69) is 25.8 Å². The summed E-state index contributed by atoms with van der Waals surface area (Å²) >= 11 is 3.91. The van der Waals surface area contributed by atoms with Crippen LogP contribution in [0.15, 0.2) is 51.7 Å². The third kappa shape index (κ3) is 6.15. The van der Waals surface area contributed by atoms with E-state index in [1.807, 2.05) is 23.6 Å². The molecule has 0 bridgehead atoms. The van der Waals surface area contributed by atoms with Crippen LogP contribution in [0.4, 0.5) is 5.13 Å². The Morgan fingerprint density at radius 2 is 2.21 bits per heavy atom. The maximum atomic E-state index is 13.2. The number of carbonyl (C=O) groups is 4. The third-order valence-electron chi connectivity index (χ3n) is 5.80. The van der Waals surface area contributed by atoms with Crippen LogP contribution in [-0.2, 0) is 24.0 Å². The number of aliphatic carboxylic acids is 1. The van der Waals surface area contributed by atoms with E-state index in [0.29, 0.717) is 23.5 Å². The van der Waals surface area contributed by atoms with Gasteiger partial charge in [-0.1, -0.05) is 11.2 Å². The Kier molecular flexibility index (Phi) is 8.28. The highest BCUT2D eigenvalue weighted by Crippen LogP contribution is 2.41. The molecular weight excluding hydrogens is 565 g/mol. The number of thioether (sulfide) groups is 2. The summed E-state index contributed by atoms with van der Waals surface area (Å²) in [7, 11) is 0. The van der Waals surface area contributed by atoms with Gasteiger partial charge in [0.25, 0.3) is 11.8 Å². The van der Waals surface area contributed by atoms with Crippen molar-refractivity contribution in [3.05, 3.63) is 57.8 Å². The zero-order chi connectivity index (χ0) is 27.4. The van der Waals surface area contributed by atoms with Gasteiger partial charge in [-0.25, -0.2) is 9.78 Å². The van der Waals surface area contributed by atoms with Gasteiger partial charge < -0.3 is 20.6 Å². The molecule has 0 spiro atoms. The molecule has 1 aliphatic carbocycles. The predicted octanol–water partition coefficient (Wildman–Crippen LogP) is 2.13. The lowest BCUT2D eigenvalue weighted by Gasteiger charge is -2.49. The first-order valence-electron chi connectivity index (χ1n) is 11.7. The van der Waals surface area contributed by atoms with Gasteiger partial charge in [0.05, 0.1) is 0 Å². The summed E-state index contributed by atoms with van der Waals surface area (Å²) in [4.78, 5) is 63.9. The van der Waals surface area contributed by atoms with Crippen molar-refractivity contribution < 1.29 is 29.1 Å². The van der Waals surface area contributed by atoms with Gasteiger partial charge in [-0.2, -0.15) is 0 Å². The highest BCUT2D eigenvalue weighted by atomic mass is 32.2. The van der Waals surface area contributed by atoms with Gasteiger partial charge in [-0.05, 0) is 41.5 Å². The van der Waals surface area contributed by atoms with E-state index in [1.54, 1.807) is 17.8 Å². The topological polar surface area (TPSA) is 163 Å². The van der Waals surface area contributed by atoms with Gasteiger partial charge in [-0.15, -0.1) is 34.9 Å². The van der Waals surface area contributed by atoms with E-state index in [0.717, 1.165) is 29.7 Å².